The Morgan fingerprint density at radius 2 is 2.09 bits per heavy atom. The molecule has 1 aromatic heterocycles. The summed E-state index contributed by atoms with van der Waals surface area (Å²) in [5.74, 6) is 0.484. The number of carbonyl (C=O) groups excluding carboxylic acids is 2. The molecular weight excluding hydrogens is 360 g/mol. The van der Waals surface area contributed by atoms with Crippen LogP contribution < -0.4 is 10.2 Å². The standard InChI is InChI=1S/C17H19BrN2O3/c1-12-10-14(5-6-16(12)18)20(13(2)21)8-7-17(22)19-11-15-4-3-9-23-15/h3-6,9-10H,7-8,11H2,1-2H3,(H,19,22). The molecule has 0 saturated carbocycles. The highest BCUT2D eigenvalue weighted by Gasteiger charge is 2.14. The summed E-state index contributed by atoms with van der Waals surface area (Å²) in [5.41, 5.74) is 1.83. The van der Waals surface area contributed by atoms with Crippen molar-refractivity contribution in [1.29, 1.82) is 0 Å². The fourth-order valence-electron chi connectivity index (χ4n) is 2.17. The van der Waals surface area contributed by atoms with E-state index in [0.717, 1.165) is 15.7 Å². The number of amides is 2. The van der Waals surface area contributed by atoms with E-state index in [1.165, 1.54) is 6.92 Å². The van der Waals surface area contributed by atoms with Crippen LogP contribution in [-0.4, -0.2) is 18.4 Å². The Balaban J connectivity index is 1.92. The average molecular weight is 379 g/mol. The molecule has 0 atom stereocenters. The third-order valence-corrected chi connectivity index (χ3v) is 4.33. The van der Waals surface area contributed by atoms with Crippen LogP contribution in [0.2, 0.25) is 0 Å². The van der Waals surface area contributed by atoms with Crippen LogP contribution in [0, 0.1) is 6.92 Å². The molecule has 1 heterocycles. The van der Waals surface area contributed by atoms with E-state index < -0.39 is 0 Å². The lowest BCUT2D eigenvalue weighted by molar-refractivity contribution is -0.121. The van der Waals surface area contributed by atoms with E-state index >= 15 is 0 Å². The van der Waals surface area contributed by atoms with Gasteiger partial charge in [-0.15, -0.1) is 0 Å². The van der Waals surface area contributed by atoms with Gasteiger partial charge in [0.2, 0.25) is 11.8 Å². The van der Waals surface area contributed by atoms with Crippen molar-refractivity contribution in [2.45, 2.75) is 26.8 Å². The number of carbonyl (C=O) groups is 2. The molecule has 0 unspecified atom stereocenters. The molecule has 2 amide bonds. The summed E-state index contributed by atoms with van der Waals surface area (Å²) in [5, 5.41) is 2.77. The number of nitrogens with zero attached hydrogens (tertiary/aromatic N) is 1. The molecule has 0 saturated heterocycles. The number of rotatable bonds is 6. The van der Waals surface area contributed by atoms with Gasteiger partial charge in [-0.3, -0.25) is 9.59 Å². The highest BCUT2D eigenvalue weighted by molar-refractivity contribution is 9.10. The minimum absolute atomic E-state index is 0.0921. The summed E-state index contributed by atoms with van der Waals surface area (Å²) in [6.45, 7) is 4.14. The first-order valence-corrected chi connectivity index (χ1v) is 8.10. The summed E-state index contributed by atoms with van der Waals surface area (Å²) in [4.78, 5) is 25.4. The van der Waals surface area contributed by atoms with Crippen LogP contribution in [0.1, 0.15) is 24.7 Å². The molecule has 0 aliphatic heterocycles. The van der Waals surface area contributed by atoms with E-state index in [9.17, 15) is 9.59 Å². The smallest absolute Gasteiger partial charge is 0.223 e. The van der Waals surface area contributed by atoms with E-state index in [0.29, 0.717) is 18.8 Å². The molecule has 0 radical (unpaired) electrons. The number of hydrogen-bond donors (Lipinski definition) is 1. The Hall–Kier alpha value is -2.08. The SMILES string of the molecule is CC(=O)N(CCC(=O)NCc1ccco1)c1ccc(Br)c(C)c1. The second kappa shape index (κ2) is 7.97. The van der Waals surface area contributed by atoms with E-state index in [-0.39, 0.29) is 18.2 Å². The lowest BCUT2D eigenvalue weighted by Crippen LogP contribution is -2.33. The van der Waals surface area contributed by atoms with Crippen LogP contribution in [0.3, 0.4) is 0 Å². The van der Waals surface area contributed by atoms with Crippen molar-refractivity contribution in [2.24, 2.45) is 0 Å². The summed E-state index contributed by atoms with van der Waals surface area (Å²) in [7, 11) is 0. The number of aryl methyl sites for hydroxylation is 1. The topological polar surface area (TPSA) is 62.6 Å². The van der Waals surface area contributed by atoms with Crippen LogP contribution in [0.25, 0.3) is 0 Å². The quantitative estimate of drug-likeness (QED) is 0.837. The first-order valence-electron chi connectivity index (χ1n) is 7.30. The second-order valence-electron chi connectivity index (χ2n) is 5.21. The summed E-state index contributed by atoms with van der Waals surface area (Å²) in [6, 6.07) is 9.25. The van der Waals surface area contributed by atoms with Gasteiger partial charge in [-0.2, -0.15) is 0 Å². The highest BCUT2D eigenvalue weighted by atomic mass is 79.9. The Labute approximate surface area is 143 Å². The molecule has 5 nitrogen and oxygen atoms in total. The van der Waals surface area contributed by atoms with Gasteiger partial charge in [0, 0.05) is 30.0 Å². The molecule has 0 aliphatic rings. The molecule has 0 aliphatic carbocycles. The van der Waals surface area contributed by atoms with Gasteiger partial charge in [-0.1, -0.05) is 15.9 Å². The molecule has 0 fully saturated rings. The van der Waals surface area contributed by atoms with Gasteiger partial charge in [-0.05, 0) is 42.8 Å². The van der Waals surface area contributed by atoms with Gasteiger partial charge < -0.3 is 14.6 Å². The molecule has 0 spiro atoms. The molecule has 6 heteroatoms. The zero-order chi connectivity index (χ0) is 16.8. The molecule has 122 valence electrons. The lowest BCUT2D eigenvalue weighted by Gasteiger charge is -2.21. The third kappa shape index (κ3) is 4.96. The average Bonchev–Trinajstić information content (AvgIpc) is 3.02. The number of benzene rings is 1. The van der Waals surface area contributed by atoms with Crippen molar-refractivity contribution in [1.82, 2.24) is 5.32 Å². The van der Waals surface area contributed by atoms with Crippen molar-refractivity contribution in [3.05, 3.63) is 52.4 Å². The fraction of sp³-hybridized carbons (Fsp3) is 0.294. The van der Waals surface area contributed by atoms with Crippen LogP contribution in [-0.2, 0) is 16.1 Å². The van der Waals surface area contributed by atoms with Crippen LogP contribution in [0.15, 0.2) is 45.5 Å². The van der Waals surface area contributed by atoms with Crippen molar-refractivity contribution >= 4 is 33.4 Å². The first-order chi connectivity index (χ1) is 11.0. The van der Waals surface area contributed by atoms with Gasteiger partial charge in [-0.25, -0.2) is 0 Å². The van der Waals surface area contributed by atoms with Crippen molar-refractivity contribution in [3.8, 4) is 0 Å². The predicted octanol–water partition coefficient (Wildman–Crippen LogP) is 3.41. The Morgan fingerprint density at radius 1 is 1.30 bits per heavy atom. The van der Waals surface area contributed by atoms with E-state index in [4.69, 9.17) is 4.42 Å². The van der Waals surface area contributed by atoms with E-state index in [2.05, 4.69) is 21.2 Å². The Kier molecular flexibility index (Phi) is 5.98. The zero-order valence-electron chi connectivity index (χ0n) is 13.1. The molecular formula is C17H19BrN2O3. The monoisotopic (exact) mass is 378 g/mol. The maximum Gasteiger partial charge on any atom is 0.223 e. The van der Waals surface area contributed by atoms with Crippen molar-refractivity contribution in [2.75, 3.05) is 11.4 Å². The van der Waals surface area contributed by atoms with Crippen molar-refractivity contribution < 1.29 is 14.0 Å². The molecule has 1 aromatic carbocycles. The number of halogens is 1. The maximum atomic E-state index is 11.9. The minimum atomic E-state index is -0.124. The van der Waals surface area contributed by atoms with Crippen LogP contribution in [0.5, 0.6) is 0 Å². The fourth-order valence-corrected chi connectivity index (χ4v) is 2.41. The summed E-state index contributed by atoms with van der Waals surface area (Å²) in [6.07, 6.45) is 1.80. The number of furan rings is 1. The Morgan fingerprint density at radius 3 is 2.70 bits per heavy atom. The van der Waals surface area contributed by atoms with Gasteiger partial charge in [0.15, 0.2) is 0 Å². The molecule has 1 N–H and O–H groups in total. The molecule has 23 heavy (non-hydrogen) atoms. The second-order valence-corrected chi connectivity index (χ2v) is 6.06. The third-order valence-electron chi connectivity index (χ3n) is 3.44. The molecule has 0 bridgehead atoms. The lowest BCUT2D eigenvalue weighted by atomic mass is 10.2. The number of nitrogens with one attached hydrogen (secondary N) is 1. The van der Waals surface area contributed by atoms with Crippen molar-refractivity contribution in [3.63, 3.8) is 0 Å². The normalized spacial score (nSPS) is 10.4. The predicted molar refractivity (Wildman–Crippen MR) is 92.1 cm³/mol. The summed E-state index contributed by atoms with van der Waals surface area (Å²) < 4.78 is 6.14. The summed E-state index contributed by atoms with van der Waals surface area (Å²) >= 11 is 3.44. The van der Waals surface area contributed by atoms with Gasteiger partial charge in [0.1, 0.15) is 5.76 Å². The first kappa shape index (κ1) is 17.3. The van der Waals surface area contributed by atoms with Gasteiger partial charge in [0.25, 0.3) is 0 Å². The number of hydrogen-bond acceptors (Lipinski definition) is 3. The van der Waals surface area contributed by atoms with E-state index in [1.54, 1.807) is 23.3 Å². The highest BCUT2D eigenvalue weighted by Crippen LogP contribution is 2.23. The largest absolute Gasteiger partial charge is 0.467 e. The zero-order valence-corrected chi connectivity index (χ0v) is 14.7. The Bertz CT molecular complexity index is 683. The molecule has 2 aromatic rings. The molecule has 2 rings (SSSR count). The van der Waals surface area contributed by atoms with Gasteiger partial charge in [0.05, 0.1) is 12.8 Å². The van der Waals surface area contributed by atoms with E-state index in [1.807, 2.05) is 25.1 Å². The minimum Gasteiger partial charge on any atom is -0.467 e. The van der Waals surface area contributed by atoms with Crippen LogP contribution >= 0.6 is 15.9 Å². The van der Waals surface area contributed by atoms with Crippen LogP contribution in [0.4, 0.5) is 5.69 Å². The maximum absolute atomic E-state index is 11.9. The van der Waals surface area contributed by atoms with Gasteiger partial charge >= 0.3 is 0 Å². The number of anilines is 1.